The number of H-pyrrole nitrogens is 1. The molecule has 0 bridgehead atoms. The molecule has 0 saturated heterocycles. The molecule has 0 atom stereocenters. The third-order valence-electron chi connectivity index (χ3n) is 4.28. The number of amides is 1. The van der Waals surface area contributed by atoms with Crippen LogP contribution in [0.15, 0.2) is 24.0 Å². The molecular formula is C16H17N5OS. The summed E-state index contributed by atoms with van der Waals surface area (Å²) in [5, 5.41) is 10.1. The average molecular weight is 327 g/mol. The molecule has 1 amide bonds. The van der Waals surface area contributed by atoms with Crippen LogP contribution in [0.1, 0.15) is 42.5 Å². The van der Waals surface area contributed by atoms with Crippen molar-refractivity contribution in [1.82, 2.24) is 25.5 Å². The lowest BCUT2D eigenvalue weighted by atomic mass is 9.95. The number of hydrogen-bond acceptors (Lipinski definition) is 5. The molecule has 1 fully saturated rings. The smallest absolute Gasteiger partial charge is 0.253 e. The van der Waals surface area contributed by atoms with Crippen LogP contribution in [0.2, 0.25) is 0 Å². The molecule has 7 heteroatoms. The summed E-state index contributed by atoms with van der Waals surface area (Å²) in [6, 6.07) is 2.10. The lowest BCUT2D eigenvalue weighted by Crippen LogP contribution is -2.36. The van der Waals surface area contributed by atoms with Gasteiger partial charge in [0.15, 0.2) is 0 Å². The van der Waals surface area contributed by atoms with Crippen LogP contribution in [-0.2, 0) is 0 Å². The van der Waals surface area contributed by atoms with Crippen LogP contribution >= 0.6 is 11.3 Å². The summed E-state index contributed by atoms with van der Waals surface area (Å²) in [5.41, 5.74) is 4.51. The highest BCUT2D eigenvalue weighted by Gasteiger charge is 2.20. The standard InChI is InChI=1S/C16H17N5OS/c22-16(19-10-4-2-1-3-5-10)11-6-12(14-8-17-9-23-14)20-13-7-18-21-15(11)13/h6-10H,1-5H2,(H,18,21)(H,19,22). The fourth-order valence-corrected chi connectivity index (χ4v) is 3.67. The Kier molecular flexibility index (Phi) is 3.78. The van der Waals surface area contributed by atoms with Gasteiger partial charge in [0.1, 0.15) is 5.52 Å². The number of thiazole rings is 1. The zero-order valence-electron chi connectivity index (χ0n) is 12.6. The van der Waals surface area contributed by atoms with E-state index in [9.17, 15) is 4.79 Å². The van der Waals surface area contributed by atoms with Crippen LogP contribution in [0, 0.1) is 0 Å². The molecule has 3 aromatic heterocycles. The molecule has 1 aliphatic carbocycles. The van der Waals surface area contributed by atoms with Crippen LogP contribution in [0.3, 0.4) is 0 Å². The molecular weight excluding hydrogens is 310 g/mol. The lowest BCUT2D eigenvalue weighted by molar-refractivity contribution is 0.0929. The number of nitrogens with zero attached hydrogens (tertiary/aromatic N) is 3. The van der Waals surface area contributed by atoms with E-state index in [0.717, 1.165) is 23.4 Å². The second-order valence-corrected chi connectivity index (χ2v) is 6.75. The van der Waals surface area contributed by atoms with Gasteiger partial charge in [0.05, 0.1) is 33.4 Å². The first-order valence-electron chi connectivity index (χ1n) is 7.85. The predicted molar refractivity (Wildman–Crippen MR) is 89.3 cm³/mol. The van der Waals surface area contributed by atoms with Crippen LogP contribution < -0.4 is 5.32 Å². The van der Waals surface area contributed by atoms with Gasteiger partial charge >= 0.3 is 0 Å². The zero-order chi connectivity index (χ0) is 15.6. The van der Waals surface area contributed by atoms with Gasteiger partial charge in [-0.3, -0.25) is 14.9 Å². The number of nitrogens with one attached hydrogen (secondary N) is 2. The Morgan fingerprint density at radius 2 is 2.13 bits per heavy atom. The fraction of sp³-hybridized carbons (Fsp3) is 0.375. The van der Waals surface area contributed by atoms with Crippen LogP contribution in [0.25, 0.3) is 21.6 Å². The third-order valence-corrected chi connectivity index (χ3v) is 5.08. The first-order valence-corrected chi connectivity index (χ1v) is 8.73. The Hall–Kier alpha value is -2.28. The van der Waals surface area contributed by atoms with E-state index in [1.54, 1.807) is 17.9 Å². The molecule has 0 radical (unpaired) electrons. The van der Waals surface area contributed by atoms with Crippen molar-refractivity contribution >= 4 is 28.3 Å². The van der Waals surface area contributed by atoms with Crippen molar-refractivity contribution in [3.05, 3.63) is 29.5 Å². The number of rotatable bonds is 3. The van der Waals surface area contributed by atoms with Crippen LogP contribution in [0.4, 0.5) is 0 Å². The van der Waals surface area contributed by atoms with Crippen molar-refractivity contribution in [3.8, 4) is 10.6 Å². The van der Waals surface area contributed by atoms with Crippen LogP contribution in [0.5, 0.6) is 0 Å². The first kappa shape index (κ1) is 14.3. The molecule has 0 aromatic carbocycles. The maximum atomic E-state index is 12.7. The molecule has 118 valence electrons. The van der Waals surface area contributed by atoms with E-state index in [2.05, 4.69) is 25.5 Å². The second-order valence-electron chi connectivity index (χ2n) is 5.86. The SMILES string of the molecule is O=C(NC1CCCCC1)c1cc(-c2cncs2)nc2cn[nH]c12. The summed E-state index contributed by atoms with van der Waals surface area (Å²) in [4.78, 5) is 22.3. The molecule has 0 unspecified atom stereocenters. The fourth-order valence-electron chi connectivity index (χ4n) is 3.09. The number of carbonyl (C=O) groups excluding carboxylic acids is 1. The van der Waals surface area contributed by atoms with E-state index in [0.29, 0.717) is 16.6 Å². The number of fused-ring (bicyclic) bond motifs is 1. The third kappa shape index (κ3) is 2.84. The van der Waals surface area contributed by atoms with Crippen molar-refractivity contribution in [3.63, 3.8) is 0 Å². The highest BCUT2D eigenvalue weighted by atomic mass is 32.1. The maximum absolute atomic E-state index is 12.7. The van der Waals surface area contributed by atoms with Gasteiger partial charge in [-0.25, -0.2) is 4.98 Å². The minimum absolute atomic E-state index is 0.0562. The largest absolute Gasteiger partial charge is 0.349 e. The average Bonchev–Trinajstić information content (AvgIpc) is 3.26. The highest BCUT2D eigenvalue weighted by molar-refractivity contribution is 7.13. The van der Waals surface area contributed by atoms with Crippen molar-refractivity contribution < 1.29 is 4.79 Å². The number of aromatic nitrogens is 4. The minimum atomic E-state index is -0.0562. The summed E-state index contributed by atoms with van der Waals surface area (Å²) in [7, 11) is 0. The molecule has 1 aliphatic rings. The molecule has 1 saturated carbocycles. The molecule has 0 aliphatic heterocycles. The van der Waals surface area contributed by atoms with E-state index in [1.165, 1.54) is 30.6 Å². The van der Waals surface area contributed by atoms with Crippen molar-refractivity contribution in [1.29, 1.82) is 0 Å². The zero-order valence-corrected chi connectivity index (χ0v) is 13.4. The topological polar surface area (TPSA) is 83.6 Å². The Balaban J connectivity index is 1.69. The minimum Gasteiger partial charge on any atom is -0.349 e. The van der Waals surface area contributed by atoms with Gasteiger partial charge in [0.2, 0.25) is 0 Å². The van der Waals surface area contributed by atoms with Gasteiger partial charge in [0, 0.05) is 12.2 Å². The van der Waals surface area contributed by atoms with E-state index in [-0.39, 0.29) is 11.9 Å². The highest BCUT2D eigenvalue weighted by Crippen LogP contribution is 2.26. The summed E-state index contributed by atoms with van der Waals surface area (Å²) in [5.74, 6) is -0.0562. The van der Waals surface area contributed by atoms with Gasteiger partial charge in [-0.05, 0) is 18.9 Å². The first-order chi connectivity index (χ1) is 11.3. The van der Waals surface area contributed by atoms with Crippen molar-refractivity contribution in [2.45, 2.75) is 38.1 Å². The van der Waals surface area contributed by atoms with E-state index in [4.69, 9.17) is 0 Å². The summed E-state index contributed by atoms with van der Waals surface area (Å²) >= 11 is 1.51. The number of aromatic amines is 1. The molecule has 23 heavy (non-hydrogen) atoms. The Bertz CT molecular complexity index is 820. The normalized spacial score (nSPS) is 15.8. The Morgan fingerprint density at radius 1 is 1.26 bits per heavy atom. The molecule has 4 rings (SSSR count). The van der Waals surface area contributed by atoms with E-state index in [1.807, 2.05) is 6.07 Å². The molecule has 3 aromatic rings. The van der Waals surface area contributed by atoms with Gasteiger partial charge in [-0.15, -0.1) is 11.3 Å². The molecule has 6 nitrogen and oxygen atoms in total. The van der Waals surface area contributed by atoms with E-state index < -0.39 is 0 Å². The lowest BCUT2D eigenvalue weighted by Gasteiger charge is -2.22. The predicted octanol–water partition coefficient (Wildman–Crippen LogP) is 3.14. The van der Waals surface area contributed by atoms with Gasteiger partial charge in [-0.2, -0.15) is 5.10 Å². The van der Waals surface area contributed by atoms with Crippen molar-refractivity contribution in [2.75, 3.05) is 0 Å². The van der Waals surface area contributed by atoms with Gasteiger partial charge in [0.25, 0.3) is 5.91 Å². The summed E-state index contributed by atoms with van der Waals surface area (Å²) in [6.45, 7) is 0. The number of hydrogen-bond donors (Lipinski definition) is 2. The van der Waals surface area contributed by atoms with Crippen molar-refractivity contribution in [2.24, 2.45) is 0 Å². The van der Waals surface area contributed by atoms with E-state index >= 15 is 0 Å². The molecule has 3 heterocycles. The second kappa shape index (κ2) is 6.08. The Morgan fingerprint density at radius 3 is 2.91 bits per heavy atom. The molecule has 0 spiro atoms. The van der Waals surface area contributed by atoms with Gasteiger partial charge < -0.3 is 5.32 Å². The number of pyridine rings is 1. The number of carbonyl (C=O) groups is 1. The Labute approximate surface area is 137 Å². The van der Waals surface area contributed by atoms with Gasteiger partial charge in [-0.1, -0.05) is 19.3 Å². The maximum Gasteiger partial charge on any atom is 0.253 e. The molecule has 2 N–H and O–H groups in total. The monoisotopic (exact) mass is 327 g/mol. The summed E-state index contributed by atoms with van der Waals surface area (Å²) in [6.07, 6.45) is 9.18. The quantitative estimate of drug-likeness (QED) is 0.774. The van der Waals surface area contributed by atoms with Crippen LogP contribution in [-0.4, -0.2) is 32.1 Å². The summed E-state index contributed by atoms with van der Waals surface area (Å²) < 4.78 is 0.